The minimum absolute atomic E-state index is 0.683. The molecule has 0 amide bonds. The van der Waals surface area contributed by atoms with E-state index in [2.05, 4.69) is 20.4 Å². The van der Waals surface area contributed by atoms with Crippen LogP contribution in [-0.2, 0) is 0 Å². The Hall–Kier alpha value is -0.680. The summed E-state index contributed by atoms with van der Waals surface area (Å²) in [6.07, 6.45) is 2.69. The molecular weight excluding hydrogens is 208 g/mol. The van der Waals surface area contributed by atoms with E-state index in [-0.39, 0.29) is 0 Å². The van der Waals surface area contributed by atoms with Gasteiger partial charge in [-0.25, -0.2) is 0 Å². The summed E-state index contributed by atoms with van der Waals surface area (Å²) in [7, 11) is 0. The fourth-order valence-corrected chi connectivity index (χ4v) is 3.32. The van der Waals surface area contributed by atoms with Crippen LogP contribution in [0.15, 0.2) is 0 Å². The molecule has 3 rings (SSSR count). The van der Waals surface area contributed by atoms with Crippen LogP contribution in [0.1, 0.15) is 17.8 Å². The molecule has 0 radical (unpaired) electrons. The first-order chi connectivity index (χ1) is 7.33. The van der Waals surface area contributed by atoms with Gasteiger partial charge in [0.05, 0.1) is 0 Å². The number of anilines is 1. The zero-order valence-electron chi connectivity index (χ0n) is 8.94. The van der Waals surface area contributed by atoms with E-state index in [1.807, 2.05) is 6.92 Å². The molecular formula is C10H16N4S. The maximum atomic E-state index is 4.22. The lowest BCUT2D eigenvalue weighted by molar-refractivity contribution is 0.340. The van der Waals surface area contributed by atoms with Crippen molar-refractivity contribution in [2.24, 2.45) is 5.92 Å². The van der Waals surface area contributed by atoms with Crippen LogP contribution < -0.4 is 10.2 Å². The van der Waals surface area contributed by atoms with Crippen LogP contribution in [0.3, 0.4) is 0 Å². The van der Waals surface area contributed by atoms with Crippen molar-refractivity contribution < 1.29 is 0 Å². The molecule has 2 aliphatic heterocycles. The number of aryl methyl sites for hydroxylation is 1. The Morgan fingerprint density at radius 1 is 1.40 bits per heavy atom. The molecule has 82 valence electrons. The Morgan fingerprint density at radius 3 is 3.07 bits per heavy atom. The summed E-state index contributed by atoms with van der Waals surface area (Å²) < 4.78 is 0. The lowest BCUT2D eigenvalue weighted by Gasteiger charge is -2.24. The second-order valence-electron chi connectivity index (χ2n) is 4.47. The summed E-state index contributed by atoms with van der Waals surface area (Å²) in [5.41, 5.74) is 0. The van der Waals surface area contributed by atoms with Crippen LogP contribution in [-0.4, -0.2) is 35.9 Å². The van der Waals surface area contributed by atoms with Crippen LogP contribution in [0.2, 0.25) is 0 Å². The van der Waals surface area contributed by atoms with Gasteiger partial charge < -0.3 is 10.2 Å². The van der Waals surface area contributed by atoms with E-state index >= 15 is 0 Å². The van der Waals surface area contributed by atoms with Gasteiger partial charge in [0.1, 0.15) is 5.01 Å². The average molecular weight is 224 g/mol. The van der Waals surface area contributed by atoms with Crippen molar-refractivity contribution >= 4 is 16.5 Å². The first-order valence-corrected chi connectivity index (χ1v) is 6.43. The Balaban J connectivity index is 1.74. The molecule has 2 saturated heterocycles. The van der Waals surface area contributed by atoms with Crippen molar-refractivity contribution in [3.8, 4) is 0 Å². The maximum Gasteiger partial charge on any atom is 0.208 e. The highest BCUT2D eigenvalue weighted by atomic mass is 32.1. The molecule has 0 aliphatic carbocycles. The fourth-order valence-electron chi connectivity index (χ4n) is 2.62. The number of fused-ring (bicyclic) bond motifs is 1. The van der Waals surface area contributed by atoms with Crippen molar-refractivity contribution in [3.05, 3.63) is 5.01 Å². The van der Waals surface area contributed by atoms with E-state index in [0.717, 1.165) is 29.1 Å². The van der Waals surface area contributed by atoms with E-state index in [0.29, 0.717) is 6.04 Å². The minimum Gasteiger partial charge on any atom is -0.345 e. The zero-order valence-corrected chi connectivity index (χ0v) is 9.76. The zero-order chi connectivity index (χ0) is 10.3. The van der Waals surface area contributed by atoms with Gasteiger partial charge in [-0.3, -0.25) is 0 Å². The molecule has 1 aromatic heterocycles. The van der Waals surface area contributed by atoms with Gasteiger partial charge in [-0.1, -0.05) is 11.3 Å². The number of nitrogens with one attached hydrogen (secondary N) is 1. The van der Waals surface area contributed by atoms with E-state index in [9.17, 15) is 0 Å². The van der Waals surface area contributed by atoms with E-state index < -0.39 is 0 Å². The Bertz CT molecular complexity index is 337. The highest BCUT2D eigenvalue weighted by molar-refractivity contribution is 7.15. The highest BCUT2D eigenvalue weighted by Crippen LogP contribution is 2.30. The van der Waals surface area contributed by atoms with Crippen molar-refractivity contribution in [1.29, 1.82) is 0 Å². The predicted molar refractivity (Wildman–Crippen MR) is 61.4 cm³/mol. The average Bonchev–Trinajstić information content (AvgIpc) is 2.82. The number of hydrogen-bond donors (Lipinski definition) is 1. The van der Waals surface area contributed by atoms with Gasteiger partial charge in [0.25, 0.3) is 0 Å². The number of hydrogen-bond acceptors (Lipinski definition) is 5. The molecule has 2 fully saturated rings. The third-order valence-corrected chi connectivity index (χ3v) is 4.28. The van der Waals surface area contributed by atoms with Gasteiger partial charge in [0, 0.05) is 19.1 Å². The minimum atomic E-state index is 0.683. The molecule has 0 unspecified atom stereocenters. The van der Waals surface area contributed by atoms with Gasteiger partial charge in [0.15, 0.2) is 0 Å². The third-order valence-electron chi connectivity index (χ3n) is 3.39. The molecule has 0 spiro atoms. The molecule has 4 nitrogen and oxygen atoms in total. The summed E-state index contributed by atoms with van der Waals surface area (Å²) in [4.78, 5) is 2.39. The van der Waals surface area contributed by atoms with Crippen LogP contribution in [0.25, 0.3) is 0 Å². The molecule has 2 atom stereocenters. The summed E-state index contributed by atoms with van der Waals surface area (Å²) >= 11 is 1.71. The number of piperidine rings is 1. The summed E-state index contributed by atoms with van der Waals surface area (Å²) in [6, 6.07) is 0.683. The van der Waals surface area contributed by atoms with Crippen LogP contribution >= 0.6 is 11.3 Å². The van der Waals surface area contributed by atoms with Crippen molar-refractivity contribution in [1.82, 2.24) is 15.5 Å². The number of aromatic nitrogens is 2. The first-order valence-electron chi connectivity index (χ1n) is 5.61. The standard InChI is InChI=1S/C10H16N4S/c1-7-12-13-10(15-7)14-5-8-3-2-4-11-9(8)6-14/h8-9,11H,2-6H2,1H3/t8-,9+/m0/s1. The Labute approximate surface area is 93.7 Å². The van der Waals surface area contributed by atoms with Gasteiger partial charge in [0.2, 0.25) is 5.13 Å². The Kier molecular flexibility index (Phi) is 2.36. The normalized spacial score (nSPS) is 30.6. The lowest BCUT2D eigenvalue weighted by atomic mass is 9.94. The summed E-state index contributed by atoms with van der Waals surface area (Å²) in [6.45, 7) is 5.47. The Morgan fingerprint density at radius 2 is 2.33 bits per heavy atom. The quantitative estimate of drug-likeness (QED) is 0.773. The van der Waals surface area contributed by atoms with E-state index in [1.165, 1.54) is 19.4 Å². The molecule has 2 aliphatic rings. The smallest absolute Gasteiger partial charge is 0.208 e. The fraction of sp³-hybridized carbons (Fsp3) is 0.800. The van der Waals surface area contributed by atoms with Gasteiger partial charge in [-0.2, -0.15) is 0 Å². The third kappa shape index (κ3) is 1.74. The highest BCUT2D eigenvalue weighted by Gasteiger charge is 2.35. The lowest BCUT2D eigenvalue weighted by Crippen LogP contribution is -2.40. The monoisotopic (exact) mass is 224 g/mol. The first kappa shape index (κ1) is 9.54. The summed E-state index contributed by atoms with van der Waals surface area (Å²) in [5.74, 6) is 0.822. The molecule has 1 N–H and O–H groups in total. The predicted octanol–water partition coefficient (Wildman–Crippen LogP) is 1.03. The second-order valence-corrected chi connectivity index (χ2v) is 5.63. The van der Waals surface area contributed by atoms with Crippen LogP contribution in [0.5, 0.6) is 0 Å². The molecule has 1 aromatic rings. The van der Waals surface area contributed by atoms with Crippen LogP contribution in [0, 0.1) is 12.8 Å². The molecule has 0 saturated carbocycles. The van der Waals surface area contributed by atoms with E-state index in [1.54, 1.807) is 11.3 Å². The number of rotatable bonds is 1. The molecule has 3 heterocycles. The molecule has 15 heavy (non-hydrogen) atoms. The topological polar surface area (TPSA) is 41.1 Å². The number of nitrogens with zero attached hydrogens (tertiary/aromatic N) is 3. The van der Waals surface area contributed by atoms with E-state index in [4.69, 9.17) is 0 Å². The molecule has 0 bridgehead atoms. The molecule has 0 aromatic carbocycles. The van der Waals surface area contributed by atoms with Crippen molar-refractivity contribution in [2.75, 3.05) is 24.5 Å². The summed E-state index contributed by atoms with van der Waals surface area (Å²) in [5, 5.41) is 14.1. The van der Waals surface area contributed by atoms with Gasteiger partial charge in [-0.05, 0) is 32.2 Å². The maximum absolute atomic E-state index is 4.22. The van der Waals surface area contributed by atoms with Gasteiger partial charge in [-0.15, -0.1) is 10.2 Å². The second kappa shape index (κ2) is 3.72. The van der Waals surface area contributed by atoms with Crippen molar-refractivity contribution in [2.45, 2.75) is 25.8 Å². The van der Waals surface area contributed by atoms with Gasteiger partial charge >= 0.3 is 0 Å². The largest absolute Gasteiger partial charge is 0.345 e. The molecule has 5 heteroatoms. The SMILES string of the molecule is Cc1nnc(N2C[C@@H]3CCCN[C@@H]3C2)s1. The van der Waals surface area contributed by atoms with Crippen molar-refractivity contribution in [3.63, 3.8) is 0 Å². The van der Waals surface area contributed by atoms with Crippen LogP contribution in [0.4, 0.5) is 5.13 Å².